The first-order valence-electron chi connectivity index (χ1n) is 14.4. The second kappa shape index (κ2) is 10.9. The van der Waals surface area contributed by atoms with E-state index in [1.165, 1.54) is 36.4 Å². The van der Waals surface area contributed by atoms with E-state index in [4.69, 9.17) is 0 Å². The van der Waals surface area contributed by atoms with Gasteiger partial charge in [-0.1, -0.05) is 36.4 Å². The summed E-state index contributed by atoms with van der Waals surface area (Å²) in [5, 5.41) is 3.27. The molecule has 8 heteroatoms. The lowest BCUT2D eigenvalue weighted by atomic mass is 9.71. The average Bonchev–Trinajstić information content (AvgIpc) is 3.78. The van der Waals surface area contributed by atoms with E-state index in [1.54, 1.807) is 24.3 Å². The van der Waals surface area contributed by atoms with Crippen molar-refractivity contribution in [3.63, 3.8) is 0 Å². The molecule has 0 atom stereocenters. The Kier molecular flexibility index (Phi) is 7.26. The molecule has 1 aliphatic carbocycles. The number of urea groups is 1. The minimum atomic E-state index is -0.907. The molecule has 214 valence electrons. The van der Waals surface area contributed by atoms with Crippen LogP contribution < -0.4 is 5.32 Å². The summed E-state index contributed by atoms with van der Waals surface area (Å²) in [6, 6.07) is 18.9. The third-order valence-corrected chi connectivity index (χ3v) is 9.33. The number of hydrogen-bond acceptors (Lipinski definition) is 2. The molecule has 41 heavy (non-hydrogen) atoms. The second-order valence-electron chi connectivity index (χ2n) is 11.7. The molecule has 3 aromatic rings. The Morgan fingerprint density at radius 2 is 1.10 bits per heavy atom. The van der Waals surface area contributed by atoms with Gasteiger partial charge in [0.05, 0.1) is 11.0 Å². The number of rotatable bonds is 5. The molecule has 0 aromatic heterocycles. The number of carbonyl (C=O) groups is 2. The van der Waals surface area contributed by atoms with E-state index >= 15 is 0 Å². The van der Waals surface area contributed by atoms with E-state index in [9.17, 15) is 22.8 Å². The highest BCUT2D eigenvalue weighted by Crippen LogP contribution is 2.47. The Hall–Kier alpha value is -3.81. The maximum atomic E-state index is 14.1. The van der Waals surface area contributed by atoms with Crippen LogP contribution in [-0.2, 0) is 15.7 Å². The number of benzene rings is 3. The first-order valence-corrected chi connectivity index (χ1v) is 14.4. The third-order valence-electron chi connectivity index (χ3n) is 9.33. The number of nitrogens with one attached hydrogen (secondary N) is 1. The topological polar surface area (TPSA) is 52.7 Å². The van der Waals surface area contributed by atoms with Crippen LogP contribution in [0.5, 0.6) is 0 Å². The Labute approximate surface area is 238 Å². The van der Waals surface area contributed by atoms with E-state index in [2.05, 4.69) is 5.32 Å². The van der Waals surface area contributed by atoms with Crippen LogP contribution in [0.4, 0.5) is 18.0 Å². The van der Waals surface area contributed by atoms with Gasteiger partial charge >= 0.3 is 6.03 Å². The molecule has 2 heterocycles. The van der Waals surface area contributed by atoms with E-state index in [0.717, 1.165) is 42.4 Å². The molecule has 3 aliphatic rings. The van der Waals surface area contributed by atoms with Crippen LogP contribution in [0.3, 0.4) is 0 Å². The van der Waals surface area contributed by atoms with Crippen LogP contribution in [0.1, 0.15) is 61.1 Å². The highest BCUT2D eigenvalue weighted by molar-refractivity contribution is 5.90. The molecular weight excluding hydrogens is 527 g/mol. The van der Waals surface area contributed by atoms with Crippen LogP contribution in [0.25, 0.3) is 0 Å². The van der Waals surface area contributed by atoms with Crippen molar-refractivity contribution in [3.05, 3.63) is 107 Å². The first-order chi connectivity index (χ1) is 19.8. The largest absolute Gasteiger partial charge is 0.346 e. The SMILES string of the molecule is O=C(N1CCC(c2ccc(F)cc2)CC1)N1CCC(C(=O)NC2(c3ccc(F)cc3)CC2)(c2ccc(F)cc2)CC1. The molecule has 1 saturated carbocycles. The lowest BCUT2D eigenvalue weighted by Crippen LogP contribution is -2.56. The minimum absolute atomic E-state index is 0.0272. The fraction of sp³-hybridized carbons (Fsp3) is 0.394. The zero-order valence-electron chi connectivity index (χ0n) is 22.9. The molecule has 3 fully saturated rings. The van der Waals surface area contributed by atoms with Crippen LogP contribution in [-0.4, -0.2) is 47.9 Å². The van der Waals surface area contributed by atoms with E-state index in [-0.39, 0.29) is 29.4 Å². The Morgan fingerprint density at radius 1 is 0.634 bits per heavy atom. The first kappa shape index (κ1) is 27.4. The van der Waals surface area contributed by atoms with Crippen molar-refractivity contribution in [1.29, 1.82) is 0 Å². The van der Waals surface area contributed by atoms with Crippen LogP contribution in [0.15, 0.2) is 72.8 Å². The van der Waals surface area contributed by atoms with Crippen molar-refractivity contribution in [2.75, 3.05) is 26.2 Å². The van der Waals surface area contributed by atoms with Crippen molar-refractivity contribution in [2.45, 2.75) is 55.4 Å². The molecule has 0 radical (unpaired) electrons. The normalized spacial score (nSPS) is 20.0. The van der Waals surface area contributed by atoms with Gasteiger partial charge < -0.3 is 15.1 Å². The summed E-state index contributed by atoms with van der Waals surface area (Å²) in [4.78, 5) is 31.2. The number of likely N-dealkylation sites (tertiary alicyclic amines) is 2. The molecule has 3 aromatic carbocycles. The molecular formula is C33H34F3N3O2. The molecule has 0 unspecified atom stereocenters. The van der Waals surface area contributed by atoms with Crippen molar-refractivity contribution in [3.8, 4) is 0 Å². The lowest BCUT2D eigenvalue weighted by molar-refractivity contribution is -0.129. The van der Waals surface area contributed by atoms with Crippen LogP contribution >= 0.6 is 0 Å². The standard InChI is InChI=1S/C33H34F3N3O2/c34-27-7-1-23(2-8-27)24-13-19-38(20-14-24)31(41)39-21-17-32(18-22-39,25-3-9-28(35)10-4-25)30(40)37-33(15-16-33)26-5-11-29(36)12-6-26/h1-12,24H,13-22H2,(H,37,40). The quantitative estimate of drug-likeness (QED) is 0.401. The van der Waals surface area contributed by atoms with E-state index < -0.39 is 11.0 Å². The Bertz CT molecular complexity index is 1390. The number of nitrogens with zero attached hydrogens (tertiary/aromatic N) is 2. The number of carbonyl (C=O) groups excluding carboxylic acids is 2. The summed E-state index contributed by atoms with van der Waals surface area (Å²) in [5.41, 5.74) is 1.27. The number of piperidine rings is 2. The molecule has 6 rings (SSSR count). The summed E-state index contributed by atoms with van der Waals surface area (Å²) in [6.07, 6.45) is 4.01. The summed E-state index contributed by atoms with van der Waals surface area (Å²) in [6.45, 7) is 2.07. The van der Waals surface area contributed by atoms with Gasteiger partial charge in [-0.2, -0.15) is 0 Å². The van der Waals surface area contributed by atoms with Gasteiger partial charge in [-0.3, -0.25) is 4.79 Å². The maximum absolute atomic E-state index is 14.1. The van der Waals surface area contributed by atoms with Gasteiger partial charge in [-0.25, -0.2) is 18.0 Å². The van der Waals surface area contributed by atoms with Gasteiger partial charge in [0.25, 0.3) is 0 Å². The van der Waals surface area contributed by atoms with Crippen LogP contribution in [0, 0.1) is 17.5 Å². The summed E-state index contributed by atoms with van der Waals surface area (Å²) in [7, 11) is 0. The highest BCUT2D eigenvalue weighted by Gasteiger charge is 2.51. The molecule has 2 aliphatic heterocycles. The maximum Gasteiger partial charge on any atom is 0.319 e. The number of amides is 3. The summed E-state index contributed by atoms with van der Waals surface area (Å²) >= 11 is 0. The second-order valence-corrected chi connectivity index (χ2v) is 11.7. The summed E-state index contributed by atoms with van der Waals surface area (Å²) < 4.78 is 40.7. The lowest BCUT2D eigenvalue weighted by Gasteiger charge is -2.44. The third kappa shape index (κ3) is 5.44. The smallest absolute Gasteiger partial charge is 0.319 e. The molecule has 0 spiro atoms. The molecule has 1 N–H and O–H groups in total. The minimum Gasteiger partial charge on any atom is -0.346 e. The molecule has 5 nitrogen and oxygen atoms in total. The zero-order valence-corrected chi connectivity index (χ0v) is 22.9. The van der Waals surface area contributed by atoms with Gasteiger partial charge in [-0.15, -0.1) is 0 Å². The zero-order chi connectivity index (χ0) is 28.6. The van der Waals surface area contributed by atoms with Gasteiger partial charge in [0.1, 0.15) is 17.5 Å². The van der Waals surface area contributed by atoms with Gasteiger partial charge in [0, 0.05) is 26.2 Å². The van der Waals surface area contributed by atoms with Gasteiger partial charge in [-0.05, 0) is 97.5 Å². The van der Waals surface area contributed by atoms with Gasteiger partial charge in [0.2, 0.25) is 5.91 Å². The van der Waals surface area contributed by atoms with Crippen molar-refractivity contribution in [2.24, 2.45) is 0 Å². The molecule has 3 amide bonds. The average molecular weight is 562 g/mol. The predicted molar refractivity (Wildman–Crippen MR) is 150 cm³/mol. The number of hydrogen-bond donors (Lipinski definition) is 1. The molecule has 2 saturated heterocycles. The van der Waals surface area contributed by atoms with Gasteiger partial charge in [0.15, 0.2) is 0 Å². The fourth-order valence-corrected chi connectivity index (χ4v) is 6.55. The van der Waals surface area contributed by atoms with E-state index in [0.29, 0.717) is 44.9 Å². The molecule has 0 bridgehead atoms. The van der Waals surface area contributed by atoms with E-state index in [1.807, 2.05) is 21.9 Å². The van der Waals surface area contributed by atoms with Crippen molar-refractivity contribution < 1.29 is 22.8 Å². The highest BCUT2D eigenvalue weighted by atomic mass is 19.1. The number of halogens is 3. The van der Waals surface area contributed by atoms with Crippen molar-refractivity contribution >= 4 is 11.9 Å². The fourth-order valence-electron chi connectivity index (χ4n) is 6.55. The Morgan fingerprint density at radius 3 is 1.61 bits per heavy atom. The summed E-state index contributed by atoms with van der Waals surface area (Å²) in [5.74, 6) is -0.786. The predicted octanol–water partition coefficient (Wildman–Crippen LogP) is 6.24. The van der Waals surface area contributed by atoms with Crippen molar-refractivity contribution in [1.82, 2.24) is 15.1 Å². The monoisotopic (exact) mass is 561 g/mol. The Balaban J connectivity index is 1.14. The van der Waals surface area contributed by atoms with Crippen LogP contribution in [0.2, 0.25) is 0 Å².